The fourth-order valence-corrected chi connectivity index (χ4v) is 1.99. The van der Waals surface area contributed by atoms with Gasteiger partial charge in [-0.2, -0.15) is 0 Å². The molecular weight excluding hydrogens is 342 g/mol. The molecule has 0 aliphatic heterocycles. The van der Waals surface area contributed by atoms with Gasteiger partial charge in [-0.1, -0.05) is 0 Å². The number of nitro groups is 1. The lowest BCUT2D eigenvalue weighted by Crippen LogP contribution is -2.40. The number of carbonyl (C=O) groups excluding carboxylic acids is 2. The van der Waals surface area contributed by atoms with Crippen LogP contribution in [0.4, 0.5) is 5.69 Å². The van der Waals surface area contributed by atoms with Gasteiger partial charge in [-0.15, -0.1) is 0 Å². The number of nitrogens with zero attached hydrogens (tertiary/aromatic N) is 3. The minimum atomic E-state index is -0.567. The Labute approximate surface area is 130 Å². The number of carbonyl (C=O) groups is 2. The topological polar surface area (TPSA) is 83.8 Å². The highest BCUT2D eigenvalue weighted by Gasteiger charge is 2.21. The Balaban J connectivity index is 3.03. The van der Waals surface area contributed by atoms with Crippen LogP contribution in [0.3, 0.4) is 0 Å². The van der Waals surface area contributed by atoms with Crippen molar-refractivity contribution < 1.29 is 14.5 Å². The number of nitro benzene ring substituents is 1. The summed E-state index contributed by atoms with van der Waals surface area (Å²) in [5.41, 5.74) is -0.00542. The molecule has 0 atom stereocenters. The number of rotatable bonds is 5. The second kappa shape index (κ2) is 7.16. The molecule has 0 unspecified atom stereocenters. The van der Waals surface area contributed by atoms with Crippen LogP contribution in [-0.2, 0) is 4.79 Å². The van der Waals surface area contributed by atoms with Gasteiger partial charge in [0.25, 0.3) is 11.6 Å². The molecule has 1 rings (SSSR count). The number of hydrogen-bond donors (Lipinski definition) is 0. The molecule has 2 amide bonds. The van der Waals surface area contributed by atoms with E-state index in [4.69, 9.17) is 0 Å². The maximum absolute atomic E-state index is 12.3. The van der Waals surface area contributed by atoms with E-state index in [1.807, 2.05) is 0 Å². The van der Waals surface area contributed by atoms with Gasteiger partial charge in [0, 0.05) is 32.3 Å². The zero-order valence-electron chi connectivity index (χ0n) is 12.0. The van der Waals surface area contributed by atoms with E-state index >= 15 is 0 Å². The minimum absolute atomic E-state index is 0.0633. The number of benzene rings is 1. The first-order valence-corrected chi connectivity index (χ1v) is 7.00. The van der Waals surface area contributed by atoms with Crippen LogP contribution in [0.2, 0.25) is 0 Å². The normalized spacial score (nSPS) is 10.1. The molecule has 0 aliphatic carbocycles. The third kappa shape index (κ3) is 4.25. The van der Waals surface area contributed by atoms with Crippen LogP contribution in [-0.4, -0.2) is 53.7 Å². The molecule has 0 heterocycles. The summed E-state index contributed by atoms with van der Waals surface area (Å²) in [5.74, 6) is -0.625. The van der Waals surface area contributed by atoms with Crippen molar-refractivity contribution in [2.75, 3.05) is 27.2 Å². The molecule has 0 spiro atoms. The third-order valence-corrected chi connectivity index (χ3v) is 3.55. The quantitative estimate of drug-likeness (QED) is 0.595. The van der Waals surface area contributed by atoms with E-state index in [-0.39, 0.29) is 23.7 Å². The average Bonchev–Trinajstić information content (AvgIpc) is 2.43. The van der Waals surface area contributed by atoms with E-state index in [1.54, 1.807) is 21.0 Å². The molecule has 0 saturated carbocycles. The smallest absolute Gasteiger partial charge is 0.284 e. The molecule has 8 heteroatoms. The number of likely N-dealkylation sites (N-methyl/N-ethyl adjacent to an activating group) is 2. The summed E-state index contributed by atoms with van der Waals surface area (Å²) in [5, 5.41) is 10.9. The SMILES string of the molecule is CCN(CC(=O)N(C)C)C(=O)c1ccc(Br)c([N+](=O)[O-])c1. The molecule has 0 aromatic heterocycles. The van der Waals surface area contributed by atoms with Crippen molar-refractivity contribution in [2.45, 2.75) is 6.92 Å². The predicted octanol–water partition coefficient (Wildman–Crippen LogP) is 1.91. The fourth-order valence-electron chi connectivity index (χ4n) is 1.60. The molecule has 114 valence electrons. The van der Waals surface area contributed by atoms with Crippen LogP contribution in [0, 0.1) is 10.1 Å². The van der Waals surface area contributed by atoms with Crippen molar-refractivity contribution in [1.82, 2.24) is 9.80 Å². The van der Waals surface area contributed by atoms with Gasteiger partial charge in [-0.25, -0.2) is 0 Å². The Morgan fingerprint density at radius 3 is 2.43 bits per heavy atom. The molecule has 0 fully saturated rings. The van der Waals surface area contributed by atoms with E-state index in [0.29, 0.717) is 11.0 Å². The monoisotopic (exact) mass is 357 g/mol. The minimum Gasteiger partial charge on any atom is -0.347 e. The predicted molar refractivity (Wildman–Crippen MR) is 81.1 cm³/mol. The summed E-state index contributed by atoms with van der Waals surface area (Å²) >= 11 is 3.07. The van der Waals surface area contributed by atoms with Crippen LogP contribution >= 0.6 is 15.9 Å². The average molecular weight is 358 g/mol. The van der Waals surface area contributed by atoms with Gasteiger partial charge >= 0.3 is 0 Å². The molecule has 7 nitrogen and oxygen atoms in total. The van der Waals surface area contributed by atoms with Crippen LogP contribution in [0.15, 0.2) is 22.7 Å². The van der Waals surface area contributed by atoms with Gasteiger partial charge in [0.1, 0.15) is 0 Å². The first-order chi connectivity index (χ1) is 9.77. The highest BCUT2D eigenvalue weighted by Crippen LogP contribution is 2.26. The van der Waals surface area contributed by atoms with E-state index in [2.05, 4.69) is 15.9 Å². The Morgan fingerprint density at radius 1 is 1.33 bits per heavy atom. The van der Waals surface area contributed by atoms with E-state index in [0.717, 1.165) is 0 Å². The van der Waals surface area contributed by atoms with Crippen LogP contribution in [0.5, 0.6) is 0 Å². The van der Waals surface area contributed by atoms with Crippen LogP contribution < -0.4 is 0 Å². The van der Waals surface area contributed by atoms with Crippen LogP contribution in [0.1, 0.15) is 17.3 Å². The van der Waals surface area contributed by atoms with Gasteiger partial charge in [0.05, 0.1) is 15.9 Å². The molecule has 0 N–H and O–H groups in total. The molecule has 0 aliphatic rings. The number of hydrogen-bond acceptors (Lipinski definition) is 4. The fraction of sp³-hybridized carbons (Fsp3) is 0.385. The summed E-state index contributed by atoms with van der Waals surface area (Å²) in [6, 6.07) is 4.14. The Morgan fingerprint density at radius 2 is 1.95 bits per heavy atom. The Bertz CT molecular complexity index is 575. The van der Waals surface area contributed by atoms with Gasteiger partial charge in [-0.3, -0.25) is 19.7 Å². The van der Waals surface area contributed by atoms with Crippen molar-refractivity contribution in [1.29, 1.82) is 0 Å². The first-order valence-electron chi connectivity index (χ1n) is 6.21. The lowest BCUT2D eigenvalue weighted by Gasteiger charge is -2.22. The largest absolute Gasteiger partial charge is 0.347 e. The van der Waals surface area contributed by atoms with Gasteiger partial charge in [0.15, 0.2) is 0 Å². The second-order valence-corrected chi connectivity index (χ2v) is 5.39. The standard InChI is InChI=1S/C13H16BrN3O4/c1-4-16(8-12(18)15(2)3)13(19)9-5-6-10(14)11(7-9)17(20)21/h5-7H,4,8H2,1-3H3. The maximum atomic E-state index is 12.3. The molecular formula is C13H16BrN3O4. The van der Waals surface area contributed by atoms with Crippen molar-refractivity contribution in [3.8, 4) is 0 Å². The Hall–Kier alpha value is -1.96. The summed E-state index contributed by atoms with van der Waals surface area (Å²) in [7, 11) is 3.20. The molecule has 21 heavy (non-hydrogen) atoms. The van der Waals surface area contributed by atoms with Crippen molar-refractivity contribution in [3.63, 3.8) is 0 Å². The summed E-state index contributed by atoms with van der Waals surface area (Å²) in [6.45, 7) is 2.02. The van der Waals surface area contributed by atoms with Gasteiger partial charge in [0.2, 0.25) is 5.91 Å². The number of amides is 2. The highest BCUT2D eigenvalue weighted by molar-refractivity contribution is 9.10. The molecule has 1 aromatic rings. The molecule has 0 radical (unpaired) electrons. The zero-order chi connectivity index (χ0) is 16.2. The molecule has 1 aromatic carbocycles. The van der Waals surface area contributed by atoms with E-state index in [1.165, 1.54) is 28.0 Å². The Kier molecular flexibility index (Phi) is 5.83. The number of halogens is 1. The zero-order valence-corrected chi connectivity index (χ0v) is 13.6. The molecule has 0 saturated heterocycles. The summed E-state index contributed by atoms with van der Waals surface area (Å²) in [4.78, 5) is 37.1. The lowest BCUT2D eigenvalue weighted by atomic mass is 10.1. The molecule has 0 bridgehead atoms. The van der Waals surface area contributed by atoms with Gasteiger partial charge < -0.3 is 9.80 Å². The van der Waals surface area contributed by atoms with E-state index < -0.39 is 10.8 Å². The van der Waals surface area contributed by atoms with E-state index in [9.17, 15) is 19.7 Å². The van der Waals surface area contributed by atoms with Crippen molar-refractivity contribution in [2.24, 2.45) is 0 Å². The summed E-state index contributed by atoms with van der Waals surface area (Å²) in [6.07, 6.45) is 0. The van der Waals surface area contributed by atoms with Gasteiger partial charge in [-0.05, 0) is 35.0 Å². The lowest BCUT2D eigenvalue weighted by molar-refractivity contribution is -0.385. The first kappa shape index (κ1) is 17.1. The third-order valence-electron chi connectivity index (χ3n) is 2.88. The second-order valence-electron chi connectivity index (χ2n) is 4.53. The maximum Gasteiger partial charge on any atom is 0.284 e. The highest BCUT2D eigenvalue weighted by atomic mass is 79.9. The summed E-state index contributed by atoms with van der Waals surface area (Å²) < 4.78 is 0.302. The van der Waals surface area contributed by atoms with Crippen LogP contribution in [0.25, 0.3) is 0 Å². The van der Waals surface area contributed by atoms with Crippen molar-refractivity contribution in [3.05, 3.63) is 38.3 Å². The van der Waals surface area contributed by atoms with Crippen molar-refractivity contribution >= 4 is 33.4 Å².